The van der Waals surface area contributed by atoms with E-state index in [-0.39, 0.29) is 18.3 Å². The van der Waals surface area contributed by atoms with Crippen LogP contribution < -0.4 is 20.1 Å². The minimum absolute atomic E-state index is 0. The standard InChI is InChI=1S/C21H26N2O3.ClH/c1-2-25-19-6-3-4-7-20(19)26-11-5-8-21(24)23-13-16-9-10-17-14-22-15-18(17)12-16;/h3-4,6-7,9-10,12,22H,2,5,8,11,13-15H2,1H3,(H,23,24);1H. The van der Waals surface area contributed by atoms with E-state index in [1.165, 1.54) is 11.1 Å². The molecule has 0 saturated carbocycles. The van der Waals surface area contributed by atoms with Crippen LogP contribution in [0.25, 0.3) is 0 Å². The summed E-state index contributed by atoms with van der Waals surface area (Å²) < 4.78 is 11.3. The minimum atomic E-state index is 0. The van der Waals surface area contributed by atoms with Crippen LogP contribution in [0.1, 0.15) is 36.5 Å². The quantitative estimate of drug-likeness (QED) is 0.642. The lowest BCUT2D eigenvalue weighted by Crippen LogP contribution is -2.23. The number of amides is 1. The minimum Gasteiger partial charge on any atom is -0.490 e. The van der Waals surface area contributed by atoms with E-state index in [4.69, 9.17) is 9.47 Å². The summed E-state index contributed by atoms with van der Waals surface area (Å²) in [5.41, 5.74) is 3.82. The Bertz CT molecular complexity index is 752. The van der Waals surface area contributed by atoms with E-state index in [9.17, 15) is 4.79 Å². The molecule has 3 rings (SSSR count). The van der Waals surface area contributed by atoms with Gasteiger partial charge in [0.2, 0.25) is 5.91 Å². The van der Waals surface area contributed by atoms with Crippen molar-refractivity contribution in [2.24, 2.45) is 0 Å². The number of halogens is 1. The maximum absolute atomic E-state index is 12.0. The second kappa shape index (κ2) is 10.8. The van der Waals surface area contributed by atoms with E-state index >= 15 is 0 Å². The highest BCUT2D eigenvalue weighted by molar-refractivity contribution is 5.85. The van der Waals surface area contributed by atoms with Gasteiger partial charge < -0.3 is 20.1 Å². The summed E-state index contributed by atoms with van der Waals surface area (Å²) in [6.07, 6.45) is 1.11. The fourth-order valence-corrected chi connectivity index (χ4v) is 3.01. The first-order valence-electron chi connectivity index (χ1n) is 9.19. The first kappa shape index (κ1) is 21.1. The van der Waals surface area contributed by atoms with E-state index < -0.39 is 0 Å². The summed E-state index contributed by atoms with van der Waals surface area (Å²) in [7, 11) is 0. The maximum atomic E-state index is 12.0. The summed E-state index contributed by atoms with van der Waals surface area (Å²) in [4.78, 5) is 12.0. The molecular formula is C21H27ClN2O3. The Balaban J connectivity index is 0.00000261. The number of ether oxygens (including phenoxy) is 2. The molecule has 0 unspecified atom stereocenters. The first-order chi connectivity index (χ1) is 12.8. The molecule has 2 aromatic rings. The maximum Gasteiger partial charge on any atom is 0.220 e. The molecule has 0 atom stereocenters. The Kier molecular flexibility index (Phi) is 8.43. The lowest BCUT2D eigenvalue weighted by Gasteiger charge is -2.11. The Morgan fingerprint density at radius 2 is 1.81 bits per heavy atom. The van der Waals surface area contributed by atoms with Crippen LogP contribution in [0.4, 0.5) is 0 Å². The van der Waals surface area contributed by atoms with Gasteiger partial charge >= 0.3 is 0 Å². The van der Waals surface area contributed by atoms with Crippen molar-refractivity contribution >= 4 is 18.3 Å². The van der Waals surface area contributed by atoms with E-state index in [0.717, 1.165) is 30.2 Å². The fraction of sp³-hybridized carbons (Fsp3) is 0.381. The van der Waals surface area contributed by atoms with Crippen LogP contribution in [0, 0.1) is 0 Å². The van der Waals surface area contributed by atoms with E-state index in [1.54, 1.807) is 0 Å². The topological polar surface area (TPSA) is 59.6 Å². The molecule has 1 aliphatic heterocycles. The molecule has 27 heavy (non-hydrogen) atoms. The third-order valence-electron chi connectivity index (χ3n) is 4.35. The predicted octanol–water partition coefficient (Wildman–Crippen LogP) is 3.59. The van der Waals surface area contributed by atoms with Gasteiger partial charge in [-0.2, -0.15) is 0 Å². The normalized spacial score (nSPS) is 12.0. The molecule has 0 bridgehead atoms. The molecule has 0 aliphatic carbocycles. The van der Waals surface area contributed by atoms with Crippen LogP contribution in [0.3, 0.4) is 0 Å². The highest BCUT2D eigenvalue weighted by atomic mass is 35.5. The van der Waals surface area contributed by atoms with Crippen molar-refractivity contribution in [3.8, 4) is 11.5 Å². The Labute approximate surface area is 166 Å². The largest absolute Gasteiger partial charge is 0.490 e. The van der Waals surface area contributed by atoms with Gasteiger partial charge in [-0.3, -0.25) is 4.79 Å². The van der Waals surface area contributed by atoms with Gasteiger partial charge in [-0.1, -0.05) is 30.3 Å². The molecule has 146 valence electrons. The molecule has 6 heteroatoms. The number of carbonyl (C=O) groups is 1. The monoisotopic (exact) mass is 390 g/mol. The number of rotatable bonds is 9. The number of nitrogens with one attached hydrogen (secondary N) is 2. The van der Waals surface area contributed by atoms with Crippen molar-refractivity contribution in [1.82, 2.24) is 10.6 Å². The second-order valence-corrected chi connectivity index (χ2v) is 6.32. The summed E-state index contributed by atoms with van der Waals surface area (Å²) in [6.45, 7) is 5.45. The van der Waals surface area contributed by atoms with Crippen LogP contribution >= 0.6 is 12.4 Å². The molecule has 2 N–H and O–H groups in total. The first-order valence-corrected chi connectivity index (χ1v) is 9.19. The van der Waals surface area contributed by atoms with Gasteiger partial charge in [0.25, 0.3) is 0 Å². The lowest BCUT2D eigenvalue weighted by molar-refractivity contribution is -0.121. The Hall–Kier alpha value is -2.24. The fourth-order valence-electron chi connectivity index (χ4n) is 3.01. The molecular weight excluding hydrogens is 364 g/mol. The van der Waals surface area contributed by atoms with Crippen molar-refractivity contribution in [2.45, 2.75) is 39.4 Å². The van der Waals surface area contributed by atoms with Gasteiger partial charge in [-0.25, -0.2) is 0 Å². The van der Waals surface area contributed by atoms with Crippen molar-refractivity contribution < 1.29 is 14.3 Å². The summed E-state index contributed by atoms with van der Waals surface area (Å²) in [5.74, 6) is 1.51. The van der Waals surface area contributed by atoms with Gasteiger partial charge in [-0.15, -0.1) is 12.4 Å². The van der Waals surface area contributed by atoms with Gasteiger partial charge in [-0.05, 0) is 42.2 Å². The molecule has 1 amide bonds. The van der Waals surface area contributed by atoms with Crippen molar-refractivity contribution in [1.29, 1.82) is 0 Å². The highest BCUT2D eigenvalue weighted by Gasteiger charge is 2.10. The van der Waals surface area contributed by atoms with Crippen LogP contribution in [0.2, 0.25) is 0 Å². The lowest BCUT2D eigenvalue weighted by atomic mass is 10.1. The van der Waals surface area contributed by atoms with E-state index in [1.807, 2.05) is 31.2 Å². The van der Waals surface area contributed by atoms with Crippen LogP contribution in [-0.2, 0) is 24.4 Å². The van der Waals surface area contributed by atoms with E-state index in [2.05, 4.69) is 28.8 Å². The van der Waals surface area contributed by atoms with Gasteiger partial charge in [0.15, 0.2) is 11.5 Å². The van der Waals surface area contributed by atoms with Gasteiger partial charge in [0, 0.05) is 26.1 Å². The molecule has 0 saturated heterocycles. The molecule has 0 spiro atoms. The molecule has 0 radical (unpaired) electrons. The van der Waals surface area contributed by atoms with Crippen molar-refractivity contribution in [3.63, 3.8) is 0 Å². The third-order valence-corrected chi connectivity index (χ3v) is 4.35. The molecule has 5 nitrogen and oxygen atoms in total. The molecule has 0 fully saturated rings. The van der Waals surface area contributed by atoms with E-state index in [0.29, 0.717) is 32.6 Å². The zero-order valence-electron chi connectivity index (χ0n) is 15.6. The average molecular weight is 391 g/mol. The molecule has 2 aromatic carbocycles. The Morgan fingerprint density at radius 1 is 1.07 bits per heavy atom. The molecule has 1 heterocycles. The number of carbonyl (C=O) groups excluding carboxylic acids is 1. The van der Waals surface area contributed by atoms with Gasteiger partial charge in [0.05, 0.1) is 13.2 Å². The summed E-state index contributed by atoms with van der Waals surface area (Å²) in [6, 6.07) is 14.0. The SMILES string of the molecule is CCOc1ccccc1OCCCC(=O)NCc1ccc2c(c1)CNC2.Cl. The van der Waals surface area contributed by atoms with Gasteiger partial charge in [0.1, 0.15) is 0 Å². The van der Waals surface area contributed by atoms with Crippen LogP contribution in [0.15, 0.2) is 42.5 Å². The van der Waals surface area contributed by atoms with Crippen molar-refractivity contribution in [3.05, 3.63) is 59.2 Å². The smallest absolute Gasteiger partial charge is 0.220 e. The Morgan fingerprint density at radius 3 is 2.59 bits per heavy atom. The summed E-state index contributed by atoms with van der Waals surface area (Å²) >= 11 is 0. The average Bonchev–Trinajstić information content (AvgIpc) is 3.13. The number of fused-ring (bicyclic) bond motifs is 1. The molecule has 0 aromatic heterocycles. The van der Waals surface area contributed by atoms with Crippen molar-refractivity contribution in [2.75, 3.05) is 13.2 Å². The second-order valence-electron chi connectivity index (χ2n) is 6.32. The zero-order chi connectivity index (χ0) is 18.2. The summed E-state index contributed by atoms with van der Waals surface area (Å²) in [5, 5.41) is 6.31. The van der Waals surface area contributed by atoms with Crippen LogP contribution in [0.5, 0.6) is 11.5 Å². The third kappa shape index (κ3) is 6.15. The number of para-hydroxylation sites is 2. The highest BCUT2D eigenvalue weighted by Crippen LogP contribution is 2.26. The zero-order valence-corrected chi connectivity index (χ0v) is 16.4. The predicted molar refractivity (Wildman–Crippen MR) is 108 cm³/mol. The number of benzene rings is 2. The number of hydrogen-bond acceptors (Lipinski definition) is 4. The molecule has 1 aliphatic rings. The number of hydrogen-bond donors (Lipinski definition) is 2. The van der Waals surface area contributed by atoms with Crippen LogP contribution in [-0.4, -0.2) is 19.1 Å².